The Balaban J connectivity index is 1.36. The summed E-state index contributed by atoms with van der Waals surface area (Å²) in [6.45, 7) is 0.556. The SMILES string of the molecule is N#Cc1cccc(-c2cc(NC3C=CN(C(=O)Cc4ccnc(F)c4)CC3)c3cnccc3c2)c1. The molecule has 0 bridgehead atoms. The number of hydrogen-bond donors (Lipinski definition) is 1. The van der Waals surface area contributed by atoms with Gasteiger partial charge < -0.3 is 10.2 Å². The maximum absolute atomic E-state index is 13.3. The molecule has 0 aliphatic carbocycles. The first-order valence-corrected chi connectivity index (χ1v) is 11.3. The lowest BCUT2D eigenvalue weighted by atomic mass is 9.98. The van der Waals surface area contributed by atoms with Gasteiger partial charge in [0.1, 0.15) is 0 Å². The number of nitrogens with zero attached hydrogens (tertiary/aromatic N) is 4. The number of anilines is 1. The van der Waals surface area contributed by atoms with Crippen LogP contribution in [0.25, 0.3) is 21.9 Å². The number of carbonyl (C=O) groups is 1. The van der Waals surface area contributed by atoms with Crippen molar-refractivity contribution >= 4 is 22.4 Å². The average molecular weight is 464 g/mol. The van der Waals surface area contributed by atoms with E-state index >= 15 is 0 Å². The molecule has 1 atom stereocenters. The van der Waals surface area contributed by atoms with Gasteiger partial charge in [-0.15, -0.1) is 0 Å². The lowest BCUT2D eigenvalue weighted by Gasteiger charge is -2.28. The van der Waals surface area contributed by atoms with Gasteiger partial charge in [0.2, 0.25) is 11.9 Å². The van der Waals surface area contributed by atoms with Crippen LogP contribution in [0.15, 0.2) is 85.5 Å². The minimum absolute atomic E-state index is 0.0292. The largest absolute Gasteiger partial charge is 0.378 e. The fourth-order valence-corrected chi connectivity index (χ4v) is 4.27. The van der Waals surface area contributed by atoms with Crippen molar-refractivity contribution in [3.8, 4) is 17.2 Å². The van der Waals surface area contributed by atoms with Crippen molar-refractivity contribution in [2.45, 2.75) is 18.9 Å². The van der Waals surface area contributed by atoms with Gasteiger partial charge in [0.05, 0.1) is 18.1 Å². The molecule has 2 aromatic heterocycles. The molecule has 0 saturated carbocycles. The van der Waals surface area contributed by atoms with Gasteiger partial charge >= 0.3 is 0 Å². The summed E-state index contributed by atoms with van der Waals surface area (Å²) in [5.74, 6) is -0.670. The number of hydrogen-bond acceptors (Lipinski definition) is 5. The Morgan fingerprint density at radius 3 is 2.86 bits per heavy atom. The second kappa shape index (κ2) is 9.74. The third-order valence-electron chi connectivity index (χ3n) is 6.07. The number of carbonyl (C=O) groups excluding carboxylic acids is 1. The standard InChI is InChI=1S/C28H22FN5O/c29-27-13-19(4-9-32-27)14-28(35)34-10-6-24(7-11-34)33-26-16-23(15-22-5-8-31-18-25(22)26)21-3-1-2-20(12-21)17-30/h1-6,8-10,12-13,15-16,18,24,33H,7,11,14H2. The van der Waals surface area contributed by atoms with E-state index in [1.54, 1.807) is 29.4 Å². The van der Waals surface area contributed by atoms with Crippen LogP contribution in [0.5, 0.6) is 0 Å². The molecule has 4 aromatic rings. The summed E-state index contributed by atoms with van der Waals surface area (Å²) < 4.78 is 13.3. The predicted molar refractivity (Wildman–Crippen MR) is 133 cm³/mol. The van der Waals surface area contributed by atoms with Crippen molar-refractivity contribution in [2.75, 3.05) is 11.9 Å². The molecule has 6 nitrogen and oxygen atoms in total. The number of pyridine rings is 2. The molecule has 0 radical (unpaired) electrons. The molecule has 0 fully saturated rings. The van der Waals surface area contributed by atoms with Crippen LogP contribution in [0.2, 0.25) is 0 Å². The first-order chi connectivity index (χ1) is 17.1. The van der Waals surface area contributed by atoms with Crippen molar-refractivity contribution in [1.29, 1.82) is 5.26 Å². The Morgan fingerprint density at radius 1 is 1.14 bits per heavy atom. The molecule has 1 aliphatic heterocycles. The predicted octanol–water partition coefficient (Wildman–Crippen LogP) is 5.08. The molecule has 0 spiro atoms. The zero-order valence-electron chi connectivity index (χ0n) is 18.9. The molecule has 35 heavy (non-hydrogen) atoms. The highest BCUT2D eigenvalue weighted by Crippen LogP contribution is 2.32. The van der Waals surface area contributed by atoms with Gasteiger partial charge in [-0.3, -0.25) is 9.78 Å². The van der Waals surface area contributed by atoms with E-state index in [-0.39, 0.29) is 18.4 Å². The molecule has 2 aromatic carbocycles. The van der Waals surface area contributed by atoms with E-state index in [1.807, 2.05) is 36.5 Å². The molecule has 1 amide bonds. The molecule has 3 heterocycles. The van der Waals surface area contributed by atoms with Gasteiger partial charge in [-0.1, -0.05) is 12.1 Å². The Kier molecular flexibility index (Phi) is 6.18. The van der Waals surface area contributed by atoms with E-state index in [2.05, 4.69) is 33.5 Å². The van der Waals surface area contributed by atoms with Crippen molar-refractivity contribution in [1.82, 2.24) is 14.9 Å². The summed E-state index contributed by atoms with van der Waals surface area (Å²) in [5, 5.41) is 14.9. The first-order valence-electron chi connectivity index (χ1n) is 11.3. The number of fused-ring (bicyclic) bond motifs is 1. The Bertz CT molecular complexity index is 1480. The van der Waals surface area contributed by atoms with E-state index in [0.29, 0.717) is 17.7 Å². The molecular formula is C28H22FN5O. The van der Waals surface area contributed by atoms with Crippen LogP contribution >= 0.6 is 0 Å². The lowest BCUT2D eigenvalue weighted by molar-refractivity contribution is -0.128. The summed E-state index contributed by atoms with van der Waals surface area (Å²) in [6, 6.07) is 18.8. The molecule has 1 N–H and O–H groups in total. The smallest absolute Gasteiger partial charge is 0.230 e. The second-order valence-electron chi connectivity index (χ2n) is 8.44. The van der Waals surface area contributed by atoms with Crippen molar-refractivity contribution in [3.63, 3.8) is 0 Å². The summed E-state index contributed by atoms with van der Waals surface area (Å²) in [5.41, 5.74) is 4.13. The fraction of sp³-hybridized carbons (Fsp3) is 0.143. The minimum Gasteiger partial charge on any atom is -0.378 e. The van der Waals surface area contributed by atoms with Crippen LogP contribution < -0.4 is 5.32 Å². The van der Waals surface area contributed by atoms with E-state index in [0.717, 1.165) is 34.0 Å². The minimum atomic E-state index is -0.586. The highest BCUT2D eigenvalue weighted by molar-refractivity contribution is 5.97. The maximum atomic E-state index is 13.3. The van der Waals surface area contributed by atoms with Gasteiger partial charge in [0, 0.05) is 48.5 Å². The molecule has 5 rings (SSSR count). The van der Waals surface area contributed by atoms with Crippen LogP contribution in [-0.2, 0) is 11.2 Å². The van der Waals surface area contributed by atoms with Crippen LogP contribution in [-0.4, -0.2) is 33.4 Å². The highest BCUT2D eigenvalue weighted by Gasteiger charge is 2.19. The van der Waals surface area contributed by atoms with Gasteiger partial charge in [0.25, 0.3) is 0 Å². The average Bonchev–Trinajstić information content (AvgIpc) is 2.89. The Labute approximate surface area is 202 Å². The number of nitrogens with one attached hydrogen (secondary N) is 1. The van der Waals surface area contributed by atoms with E-state index in [1.165, 1.54) is 12.3 Å². The first kappa shape index (κ1) is 22.2. The third-order valence-corrected chi connectivity index (χ3v) is 6.07. The number of nitriles is 1. The maximum Gasteiger partial charge on any atom is 0.230 e. The fourth-order valence-electron chi connectivity index (χ4n) is 4.27. The van der Waals surface area contributed by atoms with Crippen LogP contribution in [0.1, 0.15) is 17.5 Å². The van der Waals surface area contributed by atoms with Crippen LogP contribution in [0, 0.1) is 17.3 Å². The zero-order chi connectivity index (χ0) is 24.2. The van der Waals surface area contributed by atoms with Gasteiger partial charge in [-0.25, -0.2) is 4.98 Å². The summed E-state index contributed by atoms with van der Waals surface area (Å²) >= 11 is 0. The monoisotopic (exact) mass is 463 g/mol. The summed E-state index contributed by atoms with van der Waals surface area (Å²) in [6.07, 6.45) is 9.59. The molecule has 7 heteroatoms. The molecule has 172 valence electrons. The van der Waals surface area contributed by atoms with Crippen LogP contribution in [0.4, 0.5) is 10.1 Å². The summed E-state index contributed by atoms with van der Waals surface area (Å²) in [7, 11) is 0. The van der Waals surface area contributed by atoms with Gasteiger partial charge in [0.15, 0.2) is 0 Å². The normalized spacial score (nSPS) is 15.1. The molecule has 1 unspecified atom stereocenters. The van der Waals surface area contributed by atoms with Gasteiger partial charge in [-0.05, 0) is 77.0 Å². The van der Waals surface area contributed by atoms with E-state index in [4.69, 9.17) is 0 Å². The molecular weight excluding hydrogens is 441 g/mol. The Morgan fingerprint density at radius 2 is 2.06 bits per heavy atom. The number of aromatic nitrogens is 2. The van der Waals surface area contributed by atoms with Crippen molar-refractivity contribution in [2.24, 2.45) is 0 Å². The Hall–Kier alpha value is -4.57. The van der Waals surface area contributed by atoms with Crippen molar-refractivity contribution in [3.05, 3.63) is 103 Å². The van der Waals surface area contributed by atoms with Crippen molar-refractivity contribution < 1.29 is 9.18 Å². The zero-order valence-corrected chi connectivity index (χ0v) is 18.9. The third kappa shape index (κ3) is 5.02. The number of benzene rings is 2. The highest BCUT2D eigenvalue weighted by atomic mass is 19.1. The topological polar surface area (TPSA) is 81.9 Å². The summed E-state index contributed by atoms with van der Waals surface area (Å²) in [4.78, 5) is 22.1. The second-order valence-corrected chi connectivity index (χ2v) is 8.44. The van der Waals surface area contributed by atoms with Gasteiger partial charge in [-0.2, -0.15) is 9.65 Å². The molecule has 0 saturated heterocycles. The number of rotatable bonds is 5. The van der Waals surface area contributed by atoms with Crippen LogP contribution in [0.3, 0.4) is 0 Å². The lowest BCUT2D eigenvalue weighted by Crippen LogP contribution is -2.35. The number of halogens is 1. The number of amides is 1. The van der Waals surface area contributed by atoms with E-state index < -0.39 is 5.95 Å². The molecule has 1 aliphatic rings. The quantitative estimate of drug-likeness (QED) is 0.418. The van der Waals surface area contributed by atoms with E-state index in [9.17, 15) is 14.4 Å².